The number of nitrogens with zero attached hydrogens (tertiary/aromatic N) is 3. The van der Waals surface area contributed by atoms with Crippen molar-refractivity contribution in [2.45, 2.75) is 25.9 Å². The highest BCUT2D eigenvalue weighted by Gasteiger charge is 2.37. The SMILES string of the molecule is Cc1cc(C(F)F)c(-c2cc(Cl)c3c(c2)CC(=O)N3)n2nc(C(F)(F)F)nc12. The normalized spacial score (nSPS) is 14.1. The molecule has 0 radical (unpaired) electrons. The molecule has 1 aromatic carbocycles. The summed E-state index contributed by atoms with van der Waals surface area (Å²) in [7, 11) is 0. The molecule has 1 N–H and O–H groups in total. The molecule has 4 rings (SSSR count). The molecular weight excluding hydrogens is 407 g/mol. The molecule has 1 aliphatic heterocycles. The van der Waals surface area contributed by atoms with Crippen molar-refractivity contribution >= 4 is 28.8 Å². The van der Waals surface area contributed by atoms with Gasteiger partial charge in [0.2, 0.25) is 5.91 Å². The summed E-state index contributed by atoms with van der Waals surface area (Å²) in [4.78, 5) is 15.1. The second-order valence-corrected chi connectivity index (χ2v) is 6.72. The molecule has 28 heavy (non-hydrogen) atoms. The van der Waals surface area contributed by atoms with Gasteiger partial charge in [0.15, 0.2) is 5.65 Å². The van der Waals surface area contributed by atoms with Crippen LogP contribution in [0.2, 0.25) is 5.02 Å². The number of benzene rings is 1. The van der Waals surface area contributed by atoms with Crippen LogP contribution in [0.25, 0.3) is 16.9 Å². The molecule has 146 valence electrons. The van der Waals surface area contributed by atoms with Gasteiger partial charge < -0.3 is 5.32 Å². The average Bonchev–Trinajstić information content (AvgIpc) is 3.18. The lowest BCUT2D eigenvalue weighted by molar-refractivity contribution is -0.144. The molecule has 0 spiro atoms. The summed E-state index contributed by atoms with van der Waals surface area (Å²) >= 11 is 6.15. The maximum Gasteiger partial charge on any atom is 0.453 e. The quantitative estimate of drug-likeness (QED) is 0.610. The predicted octanol–water partition coefficient (Wildman–Crippen LogP) is 4.81. The summed E-state index contributed by atoms with van der Waals surface area (Å²) in [5, 5.41) is 6.06. The van der Waals surface area contributed by atoms with Crippen molar-refractivity contribution in [3.05, 3.63) is 45.7 Å². The van der Waals surface area contributed by atoms with E-state index in [2.05, 4.69) is 15.4 Å². The summed E-state index contributed by atoms with van der Waals surface area (Å²) in [6, 6.07) is 3.82. The van der Waals surface area contributed by atoms with E-state index in [1.807, 2.05) is 0 Å². The van der Waals surface area contributed by atoms with E-state index in [1.165, 1.54) is 19.1 Å². The van der Waals surface area contributed by atoms with Gasteiger partial charge in [0.25, 0.3) is 12.2 Å². The maximum absolute atomic E-state index is 13.7. The van der Waals surface area contributed by atoms with E-state index in [4.69, 9.17) is 11.6 Å². The number of halogens is 6. The Labute approximate surface area is 159 Å². The molecular formula is C17H10ClF5N4O. The number of hydrogen-bond donors (Lipinski definition) is 1. The maximum atomic E-state index is 13.7. The molecule has 0 atom stereocenters. The van der Waals surface area contributed by atoms with Crippen molar-refractivity contribution in [2.24, 2.45) is 0 Å². The van der Waals surface area contributed by atoms with Crippen LogP contribution in [0.4, 0.5) is 27.6 Å². The minimum atomic E-state index is -4.84. The fraction of sp³-hybridized carbons (Fsp3) is 0.235. The topological polar surface area (TPSA) is 59.3 Å². The number of amides is 1. The van der Waals surface area contributed by atoms with Gasteiger partial charge >= 0.3 is 6.18 Å². The molecule has 1 amide bonds. The monoisotopic (exact) mass is 416 g/mol. The molecule has 11 heteroatoms. The van der Waals surface area contributed by atoms with Gasteiger partial charge in [-0.05, 0) is 36.2 Å². The number of nitrogens with one attached hydrogen (secondary N) is 1. The number of aryl methyl sites for hydroxylation is 1. The van der Waals surface area contributed by atoms with Crippen molar-refractivity contribution in [1.82, 2.24) is 14.6 Å². The average molecular weight is 417 g/mol. The van der Waals surface area contributed by atoms with Crippen LogP contribution in [0.1, 0.15) is 28.9 Å². The Bertz CT molecular complexity index is 1140. The van der Waals surface area contributed by atoms with Gasteiger partial charge in [-0.25, -0.2) is 18.3 Å². The molecule has 1 aliphatic rings. The number of anilines is 1. The van der Waals surface area contributed by atoms with E-state index in [0.29, 0.717) is 11.3 Å². The molecule has 2 aromatic heterocycles. The molecule has 0 fully saturated rings. The van der Waals surface area contributed by atoms with Gasteiger partial charge in [0.1, 0.15) is 0 Å². The molecule has 0 saturated heterocycles. The first-order valence-corrected chi connectivity index (χ1v) is 8.32. The van der Waals surface area contributed by atoms with Crippen molar-refractivity contribution in [3.8, 4) is 11.3 Å². The van der Waals surface area contributed by atoms with Crippen LogP contribution in [0.15, 0.2) is 18.2 Å². The van der Waals surface area contributed by atoms with Crippen LogP contribution in [-0.2, 0) is 17.4 Å². The fourth-order valence-electron chi connectivity index (χ4n) is 3.22. The second-order valence-electron chi connectivity index (χ2n) is 6.32. The molecule has 0 aliphatic carbocycles. The smallest absolute Gasteiger partial charge is 0.324 e. The zero-order valence-corrected chi connectivity index (χ0v) is 14.8. The highest BCUT2D eigenvalue weighted by Crippen LogP contribution is 2.40. The van der Waals surface area contributed by atoms with Crippen molar-refractivity contribution in [3.63, 3.8) is 0 Å². The number of rotatable bonds is 2. The predicted molar refractivity (Wildman–Crippen MR) is 90.5 cm³/mol. The standard InChI is InChI=1S/C17H10ClF5N4O/c1-6-2-9(14(19)20)13(27-15(6)25-16(26-27)17(21,22)23)8-3-7-5-11(28)24-12(7)10(18)4-8/h2-4,14H,5H2,1H3,(H,24,28). The molecule has 0 saturated carbocycles. The third-order valence-electron chi connectivity index (χ3n) is 4.37. The Kier molecular flexibility index (Phi) is 4.07. The van der Waals surface area contributed by atoms with E-state index < -0.39 is 24.0 Å². The number of aromatic nitrogens is 3. The highest BCUT2D eigenvalue weighted by molar-refractivity contribution is 6.34. The lowest BCUT2D eigenvalue weighted by atomic mass is 10.0. The van der Waals surface area contributed by atoms with Gasteiger partial charge in [-0.1, -0.05) is 11.6 Å². The van der Waals surface area contributed by atoms with Crippen LogP contribution in [0.3, 0.4) is 0 Å². The number of fused-ring (bicyclic) bond motifs is 2. The lowest BCUT2D eigenvalue weighted by Gasteiger charge is -2.14. The zero-order valence-electron chi connectivity index (χ0n) is 14.0. The van der Waals surface area contributed by atoms with Crippen LogP contribution < -0.4 is 5.32 Å². The van der Waals surface area contributed by atoms with E-state index in [1.54, 1.807) is 0 Å². The Hall–Kier alpha value is -2.75. The minimum absolute atomic E-state index is 0.0208. The summed E-state index contributed by atoms with van der Waals surface area (Å²) in [5.41, 5.74) is 0.0620. The molecule has 0 unspecified atom stereocenters. The zero-order chi connectivity index (χ0) is 20.4. The van der Waals surface area contributed by atoms with E-state index >= 15 is 0 Å². The third kappa shape index (κ3) is 2.88. The number of hydrogen-bond acceptors (Lipinski definition) is 3. The lowest BCUT2D eigenvalue weighted by Crippen LogP contribution is -2.08. The molecule has 0 bridgehead atoms. The number of alkyl halides is 5. The van der Waals surface area contributed by atoms with Crippen molar-refractivity contribution in [2.75, 3.05) is 5.32 Å². The van der Waals surface area contributed by atoms with E-state index in [-0.39, 0.29) is 39.8 Å². The van der Waals surface area contributed by atoms with Gasteiger partial charge in [0.05, 0.1) is 22.8 Å². The van der Waals surface area contributed by atoms with Crippen LogP contribution in [-0.4, -0.2) is 20.5 Å². The Morgan fingerprint density at radius 2 is 1.96 bits per heavy atom. The van der Waals surface area contributed by atoms with Gasteiger partial charge in [-0.15, -0.1) is 5.10 Å². The third-order valence-corrected chi connectivity index (χ3v) is 4.66. The van der Waals surface area contributed by atoms with Crippen LogP contribution >= 0.6 is 11.6 Å². The fourth-order valence-corrected chi connectivity index (χ4v) is 3.51. The Morgan fingerprint density at radius 3 is 2.61 bits per heavy atom. The van der Waals surface area contributed by atoms with Gasteiger partial charge in [-0.2, -0.15) is 13.2 Å². The number of carbonyl (C=O) groups is 1. The molecule has 5 nitrogen and oxygen atoms in total. The Morgan fingerprint density at radius 1 is 1.25 bits per heavy atom. The first-order valence-electron chi connectivity index (χ1n) is 7.94. The van der Waals surface area contributed by atoms with Crippen molar-refractivity contribution < 1.29 is 26.7 Å². The summed E-state index contributed by atoms with van der Waals surface area (Å²) < 4.78 is 67.4. The minimum Gasteiger partial charge on any atom is -0.324 e. The van der Waals surface area contributed by atoms with Gasteiger partial charge in [-0.3, -0.25) is 4.79 Å². The number of carbonyl (C=O) groups excluding carboxylic acids is 1. The summed E-state index contributed by atoms with van der Waals surface area (Å²) in [6.07, 6.45) is -7.84. The summed E-state index contributed by atoms with van der Waals surface area (Å²) in [6.45, 7) is 1.37. The number of pyridine rings is 1. The van der Waals surface area contributed by atoms with E-state index in [0.717, 1.165) is 10.6 Å². The first-order chi connectivity index (χ1) is 13.1. The highest BCUT2D eigenvalue weighted by atomic mass is 35.5. The van der Waals surface area contributed by atoms with E-state index in [9.17, 15) is 26.7 Å². The van der Waals surface area contributed by atoms with Crippen LogP contribution in [0.5, 0.6) is 0 Å². The second kappa shape index (κ2) is 6.13. The summed E-state index contributed by atoms with van der Waals surface area (Å²) in [5.74, 6) is -1.76. The first kappa shape index (κ1) is 18.6. The molecule has 3 heterocycles. The molecule has 3 aromatic rings. The van der Waals surface area contributed by atoms with Crippen molar-refractivity contribution in [1.29, 1.82) is 0 Å². The van der Waals surface area contributed by atoms with Gasteiger partial charge in [0, 0.05) is 11.1 Å². The largest absolute Gasteiger partial charge is 0.453 e. The Balaban J connectivity index is 2.06. The van der Waals surface area contributed by atoms with Crippen LogP contribution in [0, 0.1) is 6.92 Å².